The molecule has 0 saturated heterocycles. The van der Waals surface area contributed by atoms with Crippen LogP contribution < -0.4 is 10.1 Å². The van der Waals surface area contributed by atoms with Gasteiger partial charge in [-0.05, 0) is 54.8 Å². The highest BCUT2D eigenvalue weighted by Crippen LogP contribution is 2.28. The summed E-state index contributed by atoms with van der Waals surface area (Å²) in [5.74, 6) is 1.69. The van der Waals surface area contributed by atoms with Crippen molar-refractivity contribution in [1.82, 2.24) is 5.32 Å². The second-order valence-corrected chi connectivity index (χ2v) is 6.06. The molecule has 1 N–H and O–H groups in total. The van der Waals surface area contributed by atoms with Gasteiger partial charge in [0.15, 0.2) is 0 Å². The Morgan fingerprint density at radius 3 is 2.43 bits per heavy atom. The molecule has 0 fully saturated rings. The number of benzene rings is 2. The van der Waals surface area contributed by atoms with Gasteiger partial charge in [0, 0.05) is 17.6 Å². The highest BCUT2D eigenvalue weighted by atomic mass is 35.5. The Morgan fingerprint density at radius 2 is 1.81 bits per heavy atom. The quantitative estimate of drug-likeness (QED) is 0.815. The van der Waals surface area contributed by atoms with Crippen molar-refractivity contribution in [2.75, 3.05) is 0 Å². The zero-order valence-corrected chi connectivity index (χ0v) is 13.8. The van der Waals surface area contributed by atoms with Gasteiger partial charge in [-0.3, -0.25) is 0 Å². The molecular weight excluding hydrogens is 282 g/mol. The predicted octanol–water partition coefficient (Wildman–Crippen LogP) is 5.25. The van der Waals surface area contributed by atoms with E-state index in [1.165, 1.54) is 5.56 Å². The van der Waals surface area contributed by atoms with Crippen LogP contribution in [-0.4, -0.2) is 6.04 Å². The fourth-order valence-corrected chi connectivity index (χ4v) is 2.18. The number of nitrogens with one attached hydrogen (secondary N) is 1. The maximum absolute atomic E-state index is 6.03. The van der Waals surface area contributed by atoms with Crippen LogP contribution in [0.25, 0.3) is 0 Å². The van der Waals surface area contributed by atoms with E-state index in [1.54, 1.807) is 0 Å². The smallest absolute Gasteiger partial charge is 0.130 e. The zero-order chi connectivity index (χ0) is 15.4. The first-order valence-corrected chi connectivity index (χ1v) is 7.60. The summed E-state index contributed by atoms with van der Waals surface area (Å²) in [6, 6.07) is 12.5. The molecule has 0 amide bonds. The molecule has 2 rings (SSSR count). The van der Waals surface area contributed by atoms with E-state index < -0.39 is 0 Å². The Bertz CT molecular complexity index is 623. The number of hydrogen-bond acceptors (Lipinski definition) is 2. The standard InChI is InChI=1S/C18H22ClNO/c1-12(2)20-11-15-5-8-18(14(4)9-15)21-16-6-7-17(19)13(3)10-16/h5-10,12,20H,11H2,1-4H3. The van der Waals surface area contributed by atoms with Crippen LogP contribution in [-0.2, 0) is 6.54 Å². The number of ether oxygens (including phenoxy) is 1. The van der Waals surface area contributed by atoms with E-state index in [2.05, 4.69) is 38.2 Å². The van der Waals surface area contributed by atoms with E-state index in [-0.39, 0.29) is 0 Å². The first-order chi connectivity index (χ1) is 9.95. The molecule has 2 aromatic rings. The molecule has 21 heavy (non-hydrogen) atoms. The maximum atomic E-state index is 6.03. The molecule has 0 aliphatic carbocycles. The summed E-state index contributed by atoms with van der Waals surface area (Å²) in [7, 11) is 0. The third-order valence-corrected chi connectivity index (χ3v) is 3.74. The molecule has 2 aromatic carbocycles. The maximum Gasteiger partial charge on any atom is 0.130 e. The van der Waals surface area contributed by atoms with Crippen molar-refractivity contribution in [2.24, 2.45) is 0 Å². The molecule has 0 aromatic heterocycles. The molecule has 0 saturated carbocycles. The van der Waals surface area contributed by atoms with Gasteiger partial charge >= 0.3 is 0 Å². The summed E-state index contributed by atoms with van der Waals surface area (Å²) < 4.78 is 5.95. The second kappa shape index (κ2) is 6.97. The van der Waals surface area contributed by atoms with Crippen molar-refractivity contribution in [1.29, 1.82) is 0 Å². The van der Waals surface area contributed by atoms with Gasteiger partial charge in [0.2, 0.25) is 0 Å². The van der Waals surface area contributed by atoms with E-state index in [0.29, 0.717) is 6.04 Å². The first-order valence-electron chi connectivity index (χ1n) is 7.22. The lowest BCUT2D eigenvalue weighted by molar-refractivity contribution is 0.478. The lowest BCUT2D eigenvalue weighted by Crippen LogP contribution is -2.21. The van der Waals surface area contributed by atoms with E-state index in [4.69, 9.17) is 16.3 Å². The topological polar surface area (TPSA) is 21.3 Å². The molecular formula is C18H22ClNO. The van der Waals surface area contributed by atoms with Crippen molar-refractivity contribution >= 4 is 11.6 Å². The third kappa shape index (κ3) is 4.48. The molecule has 0 aliphatic rings. The monoisotopic (exact) mass is 303 g/mol. The number of aryl methyl sites for hydroxylation is 2. The minimum atomic E-state index is 0.485. The Kier molecular flexibility index (Phi) is 5.27. The Balaban J connectivity index is 2.11. The highest BCUT2D eigenvalue weighted by molar-refractivity contribution is 6.31. The van der Waals surface area contributed by atoms with Crippen LogP contribution in [0.3, 0.4) is 0 Å². The Morgan fingerprint density at radius 1 is 1.05 bits per heavy atom. The van der Waals surface area contributed by atoms with Crippen molar-refractivity contribution in [3.63, 3.8) is 0 Å². The molecule has 0 atom stereocenters. The average Bonchev–Trinajstić information content (AvgIpc) is 2.43. The fraction of sp³-hybridized carbons (Fsp3) is 0.333. The fourth-order valence-electron chi connectivity index (χ4n) is 2.07. The molecule has 112 valence electrons. The van der Waals surface area contributed by atoms with Gasteiger partial charge in [-0.2, -0.15) is 0 Å². The Hall–Kier alpha value is -1.51. The SMILES string of the molecule is Cc1cc(Oc2ccc(CNC(C)C)cc2C)ccc1Cl. The second-order valence-electron chi connectivity index (χ2n) is 5.65. The highest BCUT2D eigenvalue weighted by Gasteiger charge is 2.05. The lowest BCUT2D eigenvalue weighted by Gasteiger charge is -2.13. The summed E-state index contributed by atoms with van der Waals surface area (Å²) in [4.78, 5) is 0. The van der Waals surface area contributed by atoms with E-state index >= 15 is 0 Å². The minimum absolute atomic E-state index is 0.485. The lowest BCUT2D eigenvalue weighted by atomic mass is 10.1. The number of hydrogen-bond donors (Lipinski definition) is 1. The molecule has 0 bridgehead atoms. The normalized spacial score (nSPS) is 11.0. The van der Waals surface area contributed by atoms with Gasteiger partial charge in [-0.15, -0.1) is 0 Å². The Labute approximate surface area is 132 Å². The summed E-state index contributed by atoms with van der Waals surface area (Å²) in [6.07, 6.45) is 0. The minimum Gasteiger partial charge on any atom is -0.457 e. The summed E-state index contributed by atoms with van der Waals surface area (Å²) in [5, 5.41) is 4.17. The van der Waals surface area contributed by atoms with Gasteiger partial charge in [0.1, 0.15) is 11.5 Å². The number of halogens is 1. The molecule has 0 aliphatic heterocycles. The van der Waals surface area contributed by atoms with Crippen molar-refractivity contribution in [3.05, 3.63) is 58.1 Å². The molecule has 0 unspecified atom stereocenters. The molecule has 0 heterocycles. The van der Waals surface area contributed by atoms with E-state index in [9.17, 15) is 0 Å². The molecule has 2 nitrogen and oxygen atoms in total. The first kappa shape index (κ1) is 15.9. The van der Waals surface area contributed by atoms with Crippen LogP contribution in [0.15, 0.2) is 36.4 Å². The molecule has 3 heteroatoms. The largest absolute Gasteiger partial charge is 0.457 e. The van der Waals surface area contributed by atoms with Crippen LogP contribution in [0.2, 0.25) is 5.02 Å². The summed E-state index contributed by atoms with van der Waals surface area (Å²) in [5.41, 5.74) is 3.41. The van der Waals surface area contributed by atoms with Gasteiger partial charge < -0.3 is 10.1 Å². The van der Waals surface area contributed by atoms with Gasteiger partial charge in [-0.1, -0.05) is 37.6 Å². The van der Waals surface area contributed by atoms with Crippen LogP contribution in [0.1, 0.15) is 30.5 Å². The van der Waals surface area contributed by atoms with Crippen LogP contribution in [0, 0.1) is 13.8 Å². The van der Waals surface area contributed by atoms with Crippen LogP contribution in [0.4, 0.5) is 0 Å². The van der Waals surface area contributed by atoms with E-state index in [0.717, 1.165) is 34.2 Å². The molecule has 0 spiro atoms. The van der Waals surface area contributed by atoms with E-state index in [1.807, 2.05) is 31.2 Å². The van der Waals surface area contributed by atoms with Crippen LogP contribution in [0.5, 0.6) is 11.5 Å². The van der Waals surface area contributed by atoms with Gasteiger partial charge in [0.25, 0.3) is 0 Å². The molecule has 0 radical (unpaired) electrons. The third-order valence-electron chi connectivity index (χ3n) is 3.31. The van der Waals surface area contributed by atoms with Crippen molar-refractivity contribution < 1.29 is 4.74 Å². The summed E-state index contributed by atoms with van der Waals surface area (Å²) in [6.45, 7) is 9.21. The average molecular weight is 304 g/mol. The van der Waals surface area contributed by atoms with Gasteiger partial charge in [0.05, 0.1) is 0 Å². The summed E-state index contributed by atoms with van der Waals surface area (Å²) >= 11 is 6.03. The van der Waals surface area contributed by atoms with Crippen molar-refractivity contribution in [2.45, 2.75) is 40.3 Å². The predicted molar refractivity (Wildman–Crippen MR) is 89.4 cm³/mol. The van der Waals surface area contributed by atoms with Crippen molar-refractivity contribution in [3.8, 4) is 11.5 Å². The van der Waals surface area contributed by atoms with Crippen LogP contribution >= 0.6 is 11.6 Å². The zero-order valence-electron chi connectivity index (χ0n) is 13.0. The number of rotatable bonds is 5. The van der Waals surface area contributed by atoms with Gasteiger partial charge in [-0.25, -0.2) is 0 Å².